The Morgan fingerprint density at radius 1 is 1.03 bits per heavy atom. The summed E-state index contributed by atoms with van der Waals surface area (Å²) in [4.78, 5) is 10.5. The minimum Gasteiger partial charge on any atom is -0.506 e. The van der Waals surface area contributed by atoms with Gasteiger partial charge in [-0.05, 0) is 48.0 Å². The van der Waals surface area contributed by atoms with E-state index < -0.39 is 5.91 Å². The number of phenols is 1. The predicted molar refractivity (Wildman–Crippen MR) is 125 cm³/mol. The summed E-state index contributed by atoms with van der Waals surface area (Å²) in [5, 5.41) is 17.1. The van der Waals surface area contributed by atoms with Gasteiger partial charge in [0, 0.05) is 17.3 Å². The summed E-state index contributed by atoms with van der Waals surface area (Å²) < 4.78 is 5.46. The topological polar surface area (TPSA) is 96.4 Å². The van der Waals surface area contributed by atoms with Crippen LogP contribution in [0.4, 0.5) is 0 Å². The highest BCUT2D eigenvalue weighted by Gasteiger charge is 2.05. The van der Waals surface area contributed by atoms with Crippen molar-refractivity contribution in [2.75, 3.05) is 6.61 Å². The SMILES string of the molecule is N=Cc1ccc(C#CCOc2c(Cl)cccc2Cl)cc1.NC(=O)c1ccc(O)c(Cl)c1. The zero-order chi connectivity index (χ0) is 22.8. The van der Waals surface area contributed by atoms with Crippen LogP contribution >= 0.6 is 34.8 Å². The Balaban J connectivity index is 0.000000262. The first-order chi connectivity index (χ1) is 14.8. The van der Waals surface area contributed by atoms with Crippen molar-refractivity contribution >= 4 is 46.9 Å². The molecule has 31 heavy (non-hydrogen) atoms. The summed E-state index contributed by atoms with van der Waals surface area (Å²) in [6.07, 6.45) is 1.29. The standard InChI is InChI=1S/C16H11Cl2NO.C7H6ClNO2/c17-14-4-1-5-15(18)16(14)20-10-2-3-12-6-8-13(11-19)9-7-12;8-5-3-4(7(9)11)1-2-6(5)10/h1,4-9,11,19H,10H2;1-3,10H,(H2,9,11). The number of amides is 1. The van der Waals surface area contributed by atoms with E-state index in [2.05, 4.69) is 11.8 Å². The van der Waals surface area contributed by atoms with Gasteiger partial charge in [-0.1, -0.05) is 64.8 Å². The van der Waals surface area contributed by atoms with Crippen LogP contribution < -0.4 is 10.5 Å². The van der Waals surface area contributed by atoms with Crippen LogP contribution in [0.25, 0.3) is 0 Å². The van der Waals surface area contributed by atoms with Gasteiger partial charge in [0.15, 0.2) is 5.75 Å². The Morgan fingerprint density at radius 3 is 2.23 bits per heavy atom. The number of ether oxygens (including phenoxy) is 1. The van der Waals surface area contributed by atoms with Gasteiger partial charge in [0.25, 0.3) is 0 Å². The van der Waals surface area contributed by atoms with Crippen molar-refractivity contribution in [1.82, 2.24) is 0 Å². The van der Waals surface area contributed by atoms with Crippen LogP contribution in [0.5, 0.6) is 11.5 Å². The molecule has 0 aromatic heterocycles. The van der Waals surface area contributed by atoms with Gasteiger partial charge < -0.3 is 21.0 Å². The molecule has 0 unspecified atom stereocenters. The molecule has 5 nitrogen and oxygen atoms in total. The van der Waals surface area contributed by atoms with Crippen LogP contribution in [-0.2, 0) is 0 Å². The largest absolute Gasteiger partial charge is 0.506 e. The number of carbonyl (C=O) groups excluding carboxylic acids is 1. The third-order valence-corrected chi connectivity index (χ3v) is 4.65. The summed E-state index contributed by atoms with van der Waals surface area (Å²) in [6.45, 7) is 0.204. The Hall–Kier alpha value is -3.17. The van der Waals surface area contributed by atoms with Crippen molar-refractivity contribution in [2.24, 2.45) is 5.73 Å². The zero-order valence-corrected chi connectivity index (χ0v) is 18.3. The van der Waals surface area contributed by atoms with Gasteiger partial charge in [-0.15, -0.1) is 0 Å². The normalized spacial score (nSPS) is 9.52. The Morgan fingerprint density at radius 2 is 1.68 bits per heavy atom. The van der Waals surface area contributed by atoms with E-state index in [1.54, 1.807) is 18.2 Å². The average Bonchev–Trinajstić information content (AvgIpc) is 2.75. The fraction of sp³-hybridized carbons (Fsp3) is 0.0435. The number of para-hydroxylation sites is 1. The highest BCUT2D eigenvalue weighted by atomic mass is 35.5. The minimum absolute atomic E-state index is 0.0586. The lowest BCUT2D eigenvalue weighted by atomic mass is 10.1. The van der Waals surface area contributed by atoms with E-state index in [4.69, 9.17) is 55.8 Å². The van der Waals surface area contributed by atoms with Crippen molar-refractivity contribution in [3.63, 3.8) is 0 Å². The molecule has 0 radical (unpaired) electrons. The molecule has 0 spiro atoms. The Kier molecular flexibility index (Phi) is 9.23. The highest BCUT2D eigenvalue weighted by molar-refractivity contribution is 6.37. The molecule has 0 atom stereocenters. The second-order valence-corrected chi connectivity index (χ2v) is 7.16. The fourth-order valence-electron chi connectivity index (χ4n) is 2.19. The first-order valence-electron chi connectivity index (χ1n) is 8.76. The van der Waals surface area contributed by atoms with Crippen LogP contribution in [0, 0.1) is 17.3 Å². The number of carbonyl (C=O) groups is 1. The number of hydrogen-bond acceptors (Lipinski definition) is 4. The summed E-state index contributed by atoms with van der Waals surface area (Å²) in [5.41, 5.74) is 6.95. The van der Waals surface area contributed by atoms with Crippen molar-refractivity contribution in [2.45, 2.75) is 0 Å². The van der Waals surface area contributed by atoms with E-state index in [-0.39, 0.29) is 22.9 Å². The molecule has 0 saturated heterocycles. The summed E-state index contributed by atoms with van der Waals surface area (Å²) in [6, 6.07) is 16.6. The van der Waals surface area contributed by atoms with Gasteiger partial charge in [0.05, 0.1) is 15.1 Å². The number of nitrogens with one attached hydrogen (secondary N) is 1. The molecule has 4 N–H and O–H groups in total. The smallest absolute Gasteiger partial charge is 0.248 e. The zero-order valence-electron chi connectivity index (χ0n) is 16.0. The lowest BCUT2D eigenvalue weighted by Gasteiger charge is -2.05. The summed E-state index contributed by atoms with van der Waals surface area (Å²) in [7, 11) is 0. The number of hydrogen-bond donors (Lipinski definition) is 3. The molecular formula is C23H17Cl3N2O3. The summed E-state index contributed by atoms with van der Waals surface area (Å²) >= 11 is 17.5. The molecular weight excluding hydrogens is 459 g/mol. The number of aromatic hydroxyl groups is 1. The van der Waals surface area contributed by atoms with Gasteiger partial charge in [-0.3, -0.25) is 4.79 Å². The molecule has 0 bridgehead atoms. The lowest BCUT2D eigenvalue weighted by Crippen LogP contribution is -2.10. The first kappa shape index (κ1) is 24.1. The van der Waals surface area contributed by atoms with E-state index in [0.717, 1.165) is 11.1 Å². The third-order valence-electron chi connectivity index (χ3n) is 3.75. The van der Waals surface area contributed by atoms with Crippen LogP contribution in [0.2, 0.25) is 15.1 Å². The monoisotopic (exact) mass is 474 g/mol. The molecule has 158 valence electrons. The molecule has 0 aliphatic carbocycles. The maximum atomic E-state index is 10.5. The number of primary amides is 1. The quantitative estimate of drug-likeness (QED) is 0.340. The maximum Gasteiger partial charge on any atom is 0.248 e. The van der Waals surface area contributed by atoms with Crippen molar-refractivity contribution < 1.29 is 14.6 Å². The Bertz CT molecular complexity index is 1120. The van der Waals surface area contributed by atoms with Crippen molar-refractivity contribution in [3.05, 3.63) is 92.4 Å². The van der Waals surface area contributed by atoms with Crippen LogP contribution in [0.1, 0.15) is 21.5 Å². The fourth-order valence-corrected chi connectivity index (χ4v) is 2.88. The number of benzene rings is 3. The summed E-state index contributed by atoms with van der Waals surface area (Å²) in [5.74, 6) is 5.69. The second-order valence-electron chi connectivity index (χ2n) is 5.94. The molecule has 0 aliphatic rings. The van der Waals surface area contributed by atoms with Gasteiger partial charge in [-0.25, -0.2) is 0 Å². The van der Waals surface area contributed by atoms with E-state index in [1.165, 1.54) is 24.4 Å². The molecule has 0 saturated carbocycles. The van der Waals surface area contributed by atoms with E-state index in [1.807, 2.05) is 24.3 Å². The van der Waals surface area contributed by atoms with E-state index in [9.17, 15) is 4.79 Å². The highest BCUT2D eigenvalue weighted by Crippen LogP contribution is 2.32. The van der Waals surface area contributed by atoms with E-state index >= 15 is 0 Å². The molecule has 3 aromatic carbocycles. The molecule has 3 aromatic rings. The molecule has 0 aliphatic heterocycles. The van der Waals surface area contributed by atoms with Crippen LogP contribution in [-0.4, -0.2) is 23.8 Å². The number of rotatable bonds is 4. The van der Waals surface area contributed by atoms with Crippen LogP contribution in [0.3, 0.4) is 0 Å². The maximum absolute atomic E-state index is 10.5. The molecule has 0 fully saturated rings. The third kappa shape index (κ3) is 7.54. The molecule has 0 heterocycles. The van der Waals surface area contributed by atoms with Gasteiger partial charge in [0.1, 0.15) is 12.4 Å². The van der Waals surface area contributed by atoms with Gasteiger partial charge >= 0.3 is 0 Å². The van der Waals surface area contributed by atoms with Crippen molar-refractivity contribution in [1.29, 1.82) is 5.41 Å². The first-order valence-corrected chi connectivity index (χ1v) is 9.89. The Labute approximate surface area is 194 Å². The molecule has 1 amide bonds. The predicted octanol–water partition coefficient (Wildman–Crippen LogP) is 5.57. The number of halogens is 3. The lowest BCUT2D eigenvalue weighted by molar-refractivity contribution is 0.100. The van der Waals surface area contributed by atoms with E-state index in [0.29, 0.717) is 15.8 Å². The number of phenolic OH excluding ortho intramolecular Hbond substituents is 1. The molecule has 3 rings (SSSR count). The average molecular weight is 476 g/mol. The van der Waals surface area contributed by atoms with Gasteiger partial charge in [-0.2, -0.15) is 0 Å². The second kappa shape index (κ2) is 11.9. The molecule has 8 heteroatoms. The minimum atomic E-state index is -0.563. The van der Waals surface area contributed by atoms with Gasteiger partial charge in [0.2, 0.25) is 5.91 Å². The van der Waals surface area contributed by atoms with Crippen molar-refractivity contribution in [3.8, 4) is 23.3 Å². The number of nitrogens with two attached hydrogens (primary N) is 1. The van der Waals surface area contributed by atoms with Crippen LogP contribution in [0.15, 0.2) is 60.7 Å².